The lowest BCUT2D eigenvalue weighted by Crippen LogP contribution is -2.51. The van der Waals surface area contributed by atoms with Gasteiger partial charge in [-0.1, -0.05) is 18.5 Å². The predicted octanol–water partition coefficient (Wildman–Crippen LogP) is 2.22. The smallest absolute Gasteiger partial charge is 0.404 e. The summed E-state index contributed by atoms with van der Waals surface area (Å²) in [6.45, 7) is 3.64. The minimum absolute atomic E-state index is 0.0491. The van der Waals surface area contributed by atoms with Crippen LogP contribution in [0.3, 0.4) is 0 Å². The molecule has 2 atom stereocenters. The van der Waals surface area contributed by atoms with Crippen molar-refractivity contribution in [3.63, 3.8) is 0 Å². The zero-order chi connectivity index (χ0) is 13.1. The summed E-state index contributed by atoms with van der Waals surface area (Å²) < 4.78 is 0. The number of anilines is 1. The normalized spacial score (nSPS) is 23.8. The van der Waals surface area contributed by atoms with Crippen LogP contribution in [0.4, 0.5) is 10.5 Å². The topological polar surface area (TPSA) is 65.5 Å². The molecule has 0 radical (unpaired) electrons. The van der Waals surface area contributed by atoms with Gasteiger partial charge >= 0.3 is 6.09 Å². The third-order valence-electron chi connectivity index (χ3n) is 3.34. The Bertz CT molecular complexity index is 424. The van der Waals surface area contributed by atoms with Crippen molar-refractivity contribution in [2.24, 2.45) is 5.92 Å². The lowest BCUT2D eigenvalue weighted by Gasteiger charge is -2.38. The van der Waals surface area contributed by atoms with Crippen molar-refractivity contribution in [3.05, 3.63) is 23.5 Å². The van der Waals surface area contributed by atoms with Crippen molar-refractivity contribution in [3.8, 4) is 0 Å². The van der Waals surface area contributed by atoms with Crippen LogP contribution in [0.15, 0.2) is 18.3 Å². The molecule has 2 N–H and O–H groups in total. The molecule has 1 saturated heterocycles. The highest BCUT2D eigenvalue weighted by atomic mass is 35.5. The van der Waals surface area contributed by atoms with Crippen LogP contribution >= 0.6 is 11.6 Å². The number of pyridine rings is 1. The summed E-state index contributed by atoms with van der Waals surface area (Å²) in [6.07, 6.45) is 1.70. The van der Waals surface area contributed by atoms with Gasteiger partial charge in [0.15, 0.2) is 0 Å². The molecule has 2 heterocycles. The van der Waals surface area contributed by atoms with Crippen molar-refractivity contribution in [2.45, 2.75) is 19.4 Å². The molecule has 1 amide bonds. The van der Waals surface area contributed by atoms with E-state index in [0.717, 1.165) is 18.7 Å². The van der Waals surface area contributed by atoms with E-state index in [9.17, 15) is 4.79 Å². The molecule has 0 spiro atoms. The second-order valence-corrected chi connectivity index (χ2v) is 4.99. The molecule has 98 valence electrons. The first kappa shape index (κ1) is 13.0. The van der Waals surface area contributed by atoms with E-state index in [4.69, 9.17) is 16.7 Å². The molecular formula is C12H16ClN3O2. The monoisotopic (exact) mass is 269 g/mol. The second-order valence-electron chi connectivity index (χ2n) is 4.61. The number of aromatic nitrogens is 1. The molecule has 2 rings (SSSR count). The van der Waals surface area contributed by atoms with Crippen molar-refractivity contribution in [2.75, 3.05) is 18.0 Å². The Balaban J connectivity index is 2.06. The molecule has 0 aromatic carbocycles. The number of carboxylic acid groups (broad SMARTS) is 1. The van der Waals surface area contributed by atoms with Gasteiger partial charge in [0.1, 0.15) is 5.15 Å². The van der Waals surface area contributed by atoms with Crippen LogP contribution in [0.1, 0.15) is 13.3 Å². The Kier molecular flexibility index (Phi) is 3.91. The summed E-state index contributed by atoms with van der Waals surface area (Å²) in [7, 11) is 0. The van der Waals surface area contributed by atoms with Gasteiger partial charge in [-0.25, -0.2) is 9.78 Å². The van der Waals surface area contributed by atoms with Gasteiger partial charge in [0.2, 0.25) is 0 Å². The standard InChI is InChI=1S/C12H16ClN3O2/c1-8-4-5-16(7-10(8)15-12(17)18)9-2-3-11(13)14-6-9/h2-3,6,8,10,15H,4-5,7H2,1H3,(H,17,18)/t8-,10+/m0/s1. The molecule has 0 bridgehead atoms. The Hall–Kier alpha value is -1.49. The van der Waals surface area contributed by atoms with Crippen LogP contribution in [0, 0.1) is 5.92 Å². The average molecular weight is 270 g/mol. The predicted molar refractivity (Wildman–Crippen MR) is 70.2 cm³/mol. The zero-order valence-corrected chi connectivity index (χ0v) is 10.9. The summed E-state index contributed by atoms with van der Waals surface area (Å²) >= 11 is 5.75. The van der Waals surface area contributed by atoms with E-state index in [-0.39, 0.29) is 6.04 Å². The summed E-state index contributed by atoms with van der Waals surface area (Å²) in [5.41, 5.74) is 0.975. The van der Waals surface area contributed by atoms with Crippen molar-refractivity contribution in [1.82, 2.24) is 10.3 Å². The molecule has 1 aromatic rings. The first-order chi connectivity index (χ1) is 8.56. The number of nitrogens with one attached hydrogen (secondary N) is 1. The molecule has 1 aliphatic heterocycles. The zero-order valence-electron chi connectivity index (χ0n) is 10.1. The van der Waals surface area contributed by atoms with E-state index >= 15 is 0 Å². The maximum atomic E-state index is 10.7. The van der Waals surface area contributed by atoms with Gasteiger partial charge in [-0.3, -0.25) is 0 Å². The molecule has 18 heavy (non-hydrogen) atoms. The lowest BCUT2D eigenvalue weighted by molar-refractivity contribution is 0.182. The number of hydrogen-bond acceptors (Lipinski definition) is 3. The Morgan fingerprint density at radius 2 is 2.39 bits per heavy atom. The van der Waals surface area contributed by atoms with Crippen molar-refractivity contribution < 1.29 is 9.90 Å². The third kappa shape index (κ3) is 3.04. The van der Waals surface area contributed by atoms with Crippen LogP contribution in [0.5, 0.6) is 0 Å². The number of hydrogen-bond donors (Lipinski definition) is 2. The van der Waals surface area contributed by atoms with E-state index in [1.807, 2.05) is 6.07 Å². The van der Waals surface area contributed by atoms with Gasteiger partial charge in [-0.05, 0) is 24.5 Å². The Labute approximate surface area is 111 Å². The van der Waals surface area contributed by atoms with E-state index in [0.29, 0.717) is 17.6 Å². The number of nitrogens with zero attached hydrogens (tertiary/aromatic N) is 2. The summed E-state index contributed by atoms with van der Waals surface area (Å²) in [5, 5.41) is 11.9. The average Bonchev–Trinajstić information content (AvgIpc) is 2.32. The molecule has 1 fully saturated rings. The number of amides is 1. The highest BCUT2D eigenvalue weighted by Gasteiger charge is 2.27. The SMILES string of the molecule is C[C@H]1CCN(c2ccc(Cl)nc2)C[C@H]1NC(=O)O. The molecule has 6 heteroatoms. The van der Waals surface area contributed by atoms with Crippen molar-refractivity contribution >= 4 is 23.4 Å². The van der Waals surface area contributed by atoms with Gasteiger partial charge in [0, 0.05) is 13.1 Å². The lowest BCUT2D eigenvalue weighted by atomic mass is 9.93. The maximum absolute atomic E-state index is 10.7. The molecule has 0 unspecified atom stereocenters. The number of carbonyl (C=O) groups is 1. The van der Waals surface area contributed by atoms with Crippen molar-refractivity contribution in [1.29, 1.82) is 0 Å². The minimum Gasteiger partial charge on any atom is -0.465 e. The first-order valence-corrected chi connectivity index (χ1v) is 6.30. The largest absolute Gasteiger partial charge is 0.465 e. The van der Waals surface area contributed by atoms with Gasteiger partial charge in [-0.15, -0.1) is 0 Å². The Morgan fingerprint density at radius 1 is 1.61 bits per heavy atom. The fraction of sp³-hybridized carbons (Fsp3) is 0.500. The first-order valence-electron chi connectivity index (χ1n) is 5.92. The number of piperidine rings is 1. The van der Waals surface area contributed by atoms with Gasteiger partial charge in [0.05, 0.1) is 17.9 Å². The summed E-state index contributed by atoms with van der Waals surface area (Å²) in [6, 6.07) is 3.60. The van der Waals surface area contributed by atoms with Gasteiger partial charge in [-0.2, -0.15) is 0 Å². The highest BCUT2D eigenvalue weighted by molar-refractivity contribution is 6.29. The maximum Gasteiger partial charge on any atom is 0.404 e. The van der Waals surface area contributed by atoms with Crippen LogP contribution in [0.2, 0.25) is 5.15 Å². The number of halogens is 1. The van der Waals surface area contributed by atoms with E-state index in [1.54, 1.807) is 12.3 Å². The van der Waals surface area contributed by atoms with Gasteiger partial charge < -0.3 is 15.3 Å². The van der Waals surface area contributed by atoms with Crippen LogP contribution < -0.4 is 10.2 Å². The highest BCUT2D eigenvalue weighted by Crippen LogP contribution is 2.23. The second kappa shape index (κ2) is 5.44. The molecule has 0 aliphatic carbocycles. The van der Waals surface area contributed by atoms with Crippen LogP contribution in [0.25, 0.3) is 0 Å². The third-order valence-corrected chi connectivity index (χ3v) is 3.57. The molecule has 1 aromatic heterocycles. The van der Waals surface area contributed by atoms with Crippen LogP contribution in [-0.4, -0.2) is 35.3 Å². The minimum atomic E-state index is -0.970. The molecule has 5 nitrogen and oxygen atoms in total. The fourth-order valence-electron chi connectivity index (χ4n) is 2.21. The quantitative estimate of drug-likeness (QED) is 0.808. The van der Waals surface area contributed by atoms with E-state index in [2.05, 4.69) is 22.1 Å². The fourth-order valence-corrected chi connectivity index (χ4v) is 2.32. The van der Waals surface area contributed by atoms with Crippen LogP contribution in [-0.2, 0) is 0 Å². The Morgan fingerprint density at radius 3 is 3.00 bits per heavy atom. The molecular weight excluding hydrogens is 254 g/mol. The van der Waals surface area contributed by atoms with E-state index in [1.165, 1.54) is 0 Å². The summed E-state index contributed by atoms with van der Waals surface area (Å²) in [5.74, 6) is 0.345. The number of rotatable bonds is 2. The molecule has 1 aliphatic rings. The van der Waals surface area contributed by atoms with Gasteiger partial charge in [0.25, 0.3) is 0 Å². The molecule has 0 saturated carbocycles. The summed E-state index contributed by atoms with van der Waals surface area (Å²) in [4.78, 5) is 16.9. The van der Waals surface area contributed by atoms with E-state index < -0.39 is 6.09 Å².